The van der Waals surface area contributed by atoms with Gasteiger partial charge in [-0.25, -0.2) is 4.98 Å². The lowest BCUT2D eigenvalue weighted by Gasteiger charge is -2.33. The summed E-state index contributed by atoms with van der Waals surface area (Å²) in [6.07, 6.45) is -0.204. The Morgan fingerprint density at radius 1 is 1.33 bits per heavy atom. The summed E-state index contributed by atoms with van der Waals surface area (Å²) in [7, 11) is 0. The molecule has 1 aliphatic rings. The second kappa shape index (κ2) is 11.3. The zero-order valence-corrected chi connectivity index (χ0v) is 19.1. The molecule has 30 heavy (non-hydrogen) atoms. The summed E-state index contributed by atoms with van der Waals surface area (Å²) < 4.78 is 6.45. The fourth-order valence-corrected chi connectivity index (χ4v) is 5.25. The van der Waals surface area contributed by atoms with Gasteiger partial charge in [0.2, 0.25) is 5.91 Å². The Bertz CT molecular complexity index is 876. The topological polar surface area (TPSA) is 91.8 Å². The van der Waals surface area contributed by atoms with Gasteiger partial charge in [-0.2, -0.15) is 0 Å². The number of aliphatic carboxylic acids is 1. The van der Waals surface area contributed by atoms with Gasteiger partial charge in [0.05, 0.1) is 30.6 Å². The Labute approximate surface area is 192 Å². The first-order valence-electron chi connectivity index (χ1n) is 9.22. The molecule has 0 bridgehead atoms. The van der Waals surface area contributed by atoms with E-state index in [-0.39, 0.29) is 24.2 Å². The van der Waals surface area contributed by atoms with Crippen LogP contribution in [0.4, 0.5) is 0 Å². The summed E-state index contributed by atoms with van der Waals surface area (Å²) in [4.78, 5) is 29.3. The van der Waals surface area contributed by atoms with Crippen LogP contribution in [-0.2, 0) is 27.3 Å². The molecule has 1 amide bonds. The van der Waals surface area contributed by atoms with Crippen LogP contribution in [0.2, 0.25) is 10.0 Å². The minimum atomic E-state index is -0.922. The van der Waals surface area contributed by atoms with Crippen molar-refractivity contribution in [2.24, 2.45) is 0 Å². The van der Waals surface area contributed by atoms with Gasteiger partial charge in [0.15, 0.2) is 4.34 Å². The number of carboxylic acids is 1. The van der Waals surface area contributed by atoms with Crippen LogP contribution in [0.15, 0.2) is 27.9 Å². The average Bonchev–Trinajstić information content (AvgIpc) is 3.11. The van der Waals surface area contributed by atoms with Gasteiger partial charge >= 0.3 is 5.97 Å². The number of aromatic nitrogens is 1. The van der Waals surface area contributed by atoms with Crippen LogP contribution in [0.5, 0.6) is 0 Å². The van der Waals surface area contributed by atoms with Crippen LogP contribution in [-0.4, -0.2) is 65.0 Å². The van der Waals surface area contributed by atoms with Crippen molar-refractivity contribution in [3.63, 3.8) is 0 Å². The third kappa shape index (κ3) is 7.72. The molecule has 162 valence electrons. The molecular formula is C19H21Cl2N3O4S2. The zero-order valence-electron chi connectivity index (χ0n) is 16.0. The molecule has 11 heteroatoms. The number of halogens is 2. The van der Waals surface area contributed by atoms with Gasteiger partial charge in [-0.05, 0) is 23.8 Å². The standard InChI is InChI=1S/C19H21Cl2N3O4S2/c20-13-3-12(4-14(21)5-13)8-24-1-2-28-16(9-24)7-22-17(25)11-30-19-23-15(10-29-19)6-18(26)27/h3-5,10,16H,1-2,6-9,11H2,(H,22,25)(H,26,27)/t16-/m0/s1. The van der Waals surface area contributed by atoms with E-state index in [9.17, 15) is 9.59 Å². The van der Waals surface area contributed by atoms with Gasteiger partial charge in [0, 0.05) is 41.6 Å². The first-order chi connectivity index (χ1) is 14.4. The van der Waals surface area contributed by atoms with E-state index in [4.69, 9.17) is 33.0 Å². The van der Waals surface area contributed by atoms with E-state index in [1.807, 2.05) is 12.1 Å². The fraction of sp³-hybridized carbons (Fsp3) is 0.421. The third-order valence-electron chi connectivity index (χ3n) is 4.27. The Balaban J connectivity index is 1.40. The van der Waals surface area contributed by atoms with E-state index >= 15 is 0 Å². The quantitative estimate of drug-likeness (QED) is 0.522. The number of morpholine rings is 1. The first kappa shape index (κ1) is 23.3. The lowest BCUT2D eigenvalue weighted by atomic mass is 10.2. The van der Waals surface area contributed by atoms with Gasteiger partial charge in [-0.15, -0.1) is 11.3 Å². The molecule has 0 unspecified atom stereocenters. The van der Waals surface area contributed by atoms with Crippen LogP contribution in [0.1, 0.15) is 11.3 Å². The number of benzene rings is 1. The van der Waals surface area contributed by atoms with Crippen LogP contribution in [0.3, 0.4) is 0 Å². The summed E-state index contributed by atoms with van der Waals surface area (Å²) in [6, 6.07) is 5.51. The summed E-state index contributed by atoms with van der Waals surface area (Å²) >= 11 is 14.8. The largest absolute Gasteiger partial charge is 0.481 e. The summed E-state index contributed by atoms with van der Waals surface area (Å²) in [5.41, 5.74) is 1.55. The minimum absolute atomic E-state index is 0.0932. The molecule has 0 spiro atoms. The molecule has 0 aliphatic carbocycles. The number of ether oxygens (including phenoxy) is 1. The van der Waals surface area contributed by atoms with E-state index in [1.54, 1.807) is 11.4 Å². The molecule has 3 rings (SSSR count). The van der Waals surface area contributed by atoms with Gasteiger partial charge in [-0.1, -0.05) is 35.0 Å². The molecule has 2 aromatic rings. The molecule has 1 aliphatic heterocycles. The number of amides is 1. The Hall–Kier alpha value is -1.36. The Morgan fingerprint density at radius 3 is 2.83 bits per heavy atom. The van der Waals surface area contributed by atoms with Crippen molar-refractivity contribution in [2.75, 3.05) is 32.0 Å². The van der Waals surface area contributed by atoms with E-state index in [2.05, 4.69) is 15.2 Å². The lowest BCUT2D eigenvalue weighted by molar-refractivity contribution is -0.136. The summed E-state index contributed by atoms with van der Waals surface area (Å²) in [6.45, 7) is 3.23. The van der Waals surface area contributed by atoms with Gasteiger partial charge in [0.1, 0.15) is 0 Å². The number of nitrogens with zero attached hydrogens (tertiary/aromatic N) is 2. The van der Waals surface area contributed by atoms with Gasteiger partial charge < -0.3 is 15.2 Å². The molecule has 1 aromatic heterocycles. The number of carbonyl (C=O) groups is 2. The number of thiazole rings is 1. The number of rotatable bonds is 9. The molecule has 1 atom stereocenters. The Morgan fingerprint density at radius 2 is 2.10 bits per heavy atom. The van der Waals surface area contributed by atoms with E-state index in [1.165, 1.54) is 23.1 Å². The van der Waals surface area contributed by atoms with Crippen molar-refractivity contribution in [1.29, 1.82) is 0 Å². The highest BCUT2D eigenvalue weighted by Crippen LogP contribution is 2.23. The molecule has 1 saturated heterocycles. The number of carbonyl (C=O) groups excluding carboxylic acids is 1. The molecule has 7 nitrogen and oxygen atoms in total. The van der Waals surface area contributed by atoms with Crippen LogP contribution in [0.25, 0.3) is 0 Å². The van der Waals surface area contributed by atoms with Crippen molar-refractivity contribution in [3.8, 4) is 0 Å². The molecule has 1 fully saturated rings. The average molecular weight is 490 g/mol. The van der Waals surface area contributed by atoms with Crippen molar-refractivity contribution < 1.29 is 19.4 Å². The normalized spacial score (nSPS) is 17.1. The molecule has 1 aromatic carbocycles. The number of carboxylic acid groups (broad SMARTS) is 1. The number of hydrogen-bond donors (Lipinski definition) is 2. The van der Waals surface area contributed by atoms with Crippen LogP contribution < -0.4 is 5.32 Å². The predicted octanol–water partition coefficient (Wildman–Crippen LogP) is 3.19. The van der Waals surface area contributed by atoms with E-state index < -0.39 is 5.97 Å². The monoisotopic (exact) mass is 489 g/mol. The van der Waals surface area contributed by atoms with Crippen molar-refractivity contribution in [1.82, 2.24) is 15.2 Å². The number of hydrogen-bond acceptors (Lipinski definition) is 7. The maximum Gasteiger partial charge on any atom is 0.309 e. The summed E-state index contributed by atoms with van der Waals surface area (Å²) in [5.74, 6) is -0.816. The number of thioether (sulfide) groups is 1. The predicted molar refractivity (Wildman–Crippen MR) is 119 cm³/mol. The minimum Gasteiger partial charge on any atom is -0.481 e. The molecule has 2 heterocycles. The molecule has 2 N–H and O–H groups in total. The summed E-state index contributed by atoms with van der Waals surface area (Å²) in [5, 5.41) is 14.6. The van der Waals surface area contributed by atoms with Crippen molar-refractivity contribution in [2.45, 2.75) is 23.4 Å². The second-order valence-corrected chi connectivity index (χ2v) is 9.73. The Kier molecular flexibility index (Phi) is 8.79. The zero-order chi connectivity index (χ0) is 21.5. The maximum atomic E-state index is 12.1. The molecular weight excluding hydrogens is 469 g/mol. The van der Waals surface area contributed by atoms with Crippen molar-refractivity contribution in [3.05, 3.63) is 44.9 Å². The van der Waals surface area contributed by atoms with Gasteiger partial charge in [-0.3, -0.25) is 14.5 Å². The van der Waals surface area contributed by atoms with E-state index in [0.717, 1.165) is 12.1 Å². The molecule has 0 radical (unpaired) electrons. The first-order valence-corrected chi connectivity index (χ1v) is 11.8. The molecule has 0 saturated carbocycles. The van der Waals surface area contributed by atoms with Crippen LogP contribution >= 0.6 is 46.3 Å². The van der Waals surface area contributed by atoms with E-state index in [0.29, 0.717) is 46.3 Å². The third-order valence-corrected chi connectivity index (χ3v) is 6.77. The van der Waals surface area contributed by atoms with Crippen LogP contribution in [0, 0.1) is 0 Å². The highest BCUT2D eigenvalue weighted by molar-refractivity contribution is 8.01. The second-order valence-electron chi connectivity index (χ2n) is 6.77. The van der Waals surface area contributed by atoms with Crippen molar-refractivity contribution >= 4 is 58.2 Å². The SMILES string of the molecule is O=C(O)Cc1csc(SCC(=O)NC[C@H]2CN(Cc3cc(Cl)cc(Cl)c3)CCO2)n1. The highest BCUT2D eigenvalue weighted by Gasteiger charge is 2.21. The fourth-order valence-electron chi connectivity index (χ4n) is 3.00. The number of nitrogens with one attached hydrogen (secondary N) is 1. The highest BCUT2D eigenvalue weighted by atomic mass is 35.5. The smallest absolute Gasteiger partial charge is 0.309 e. The maximum absolute atomic E-state index is 12.1. The lowest BCUT2D eigenvalue weighted by Crippen LogP contribution is -2.47. The van der Waals surface area contributed by atoms with Gasteiger partial charge in [0.25, 0.3) is 0 Å².